The molecule has 0 aromatic heterocycles. The van der Waals surface area contributed by atoms with Crippen molar-refractivity contribution in [2.24, 2.45) is 22.7 Å². The van der Waals surface area contributed by atoms with Crippen LogP contribution in [0, 0.1) is 22.7 Å². The van der Waals surface area contributed by atoms with Gasteiger partial charge in [-0.3, -0.25) is 0 Å². The van der Waals surface area contributed by atoms with E-state index in [0.29, 0.717) is 11.8 Å². The molecule has 0 fully saturated rings. The summed E-state index contributed by atoms with van der Waals surface area (Å²) >= 11 is 0. The van der Waals surface area contributed by atoms with Gasteiger partial charge in [0.2, 0.25) is 0 Å². The van der Waals surface area contributed by atoms with Gasteiger partial charge in [0.15, 0.2) is 0 Å². The van der Waals surface area contributed by atoms with E-state index >= 15 is 0 Å². The zero-order chi connectivity index (χ0) is 11.7. The van der Waals surface area contributed by atoms with E-state index in [1.54, 1.807) is 0 Å². The molecule has 1 heteroatoms. The maximum atomic E-state index is 10.4. The van der Waals surface area contributed by atoms with E-state index in [9.17, 15) is 5.11 Å². The number of aliphatic hydroxyl groups is 1. The summed E-state index contributed by atoms with van der Waals surface area (Å²) in [6.07, 6.45) is -0.255. The molecule has 1 N–H and O–H groups in total. The third kappa shape index (κ3) is 2.50. The van der Waals surface area contributed by atoms with Crippen LogP contribution in [0.1, 0.15) is 55.4 Å². The third-order valence-corrected chi connectivity index (χ3v) is 4.39. The fraction of sp³-hybridized carbons (Fsp3) is 1.00. The predicted molar refractivity (Wildman–Crippen MR) is 63.2 cm³/mol. The fourth-order valence-corrected chi connectivity index (χ4v) is 1.59. The zero-order valence-electron chi connectivity index (χ0n) is 11.2. The van der Waals surface area contributed by atoms with Crippen molar-refractivity contribution in [3.8, 4) is 0 Å². The van der Waals surface area contributed by atoms with Gasteiger partial charge >= 0.3 is 0 Å². The van der Waals surface area contributed by atoms with Gasteiger partial charge in [-0.15, -0.1) is 0 Å². The van der Waals surface area contributed by atoms with Crippen molar-refractivity contribution < 1.29 is 5.11 Å². The van der Waals surface area contributed by atoms with Crippen molar-refractivity contribution in [2.45, 2.75) is 61.5 Å². The van der Waals surface area contributed by atoms with Gasteiger partial charge in [0, 0.05) is 0 Å². The molecule has 0 aromatic rings. The van der Waals surface area contributed by atoms with E-state index in [2.05, 4.69) is 55.4 Å². The van der Waals surface area contributed by atoms with Crippen LogP contribution < -0.4 is 0 Å². The van der Waals surface area contributed by atoms with Crippen LogP contribution >= 0.6 is 0 Å². The second-order valence-electron chi connectivity index (χ2n) is 6.35. The largest absolute Gasteiger partial charge is 0.392 e. The average Bonchev–Trinajstić information content (AvgIpc) is 2.02. The highest BCUT2D eigenvalue weighted by atomic mass is 16.3. The zero-order valence-corrected chi connectivity index (χ0v) is 11.2. The van der Waals surface area contributed by atoms with Crippen molar-refractivity contribution in [3.05, 3.63) is 0 Å². The molecule has 0 rings (SSSR count). The summed E-state index contributed by atoms with van der Waals surface area (Å²) in [5.41, 5.74) is -0.0401. The fourth-order valence-electron chi connectivity index (χ4n) is 1.59. The first-order valence-corrected chi connectivity index (χ1v) is 5.72. The molecule has 0 aromatic carbocycles. The molecule has 14 heavy (non-hydrogen) atoms. The highest BCUT2D eigenvalue weighted by Gasteiger charge is 2.42. The molecule has 0 unspecified atom stereocenters. The lowest BCUT2D eigenvalue weighted by atomic mass is 9.63. The molecule has 0 atom stereocenters. The Morgan fingerprint density at radius 1 is 0.714 bits per heavy atom. The molecule has 0 aliphatic rings. The molecule has 0 bridgehead atoms. The quantitative estimate of drug-likeness (QED) is 0.733. The van der Waals surface area contributed by atoms with Gasteiger partial charge in [0.05, 0.1) is 6.10 Å². The second-order valence-corrected chi connectivity index (χ2v) is 6.35. The van der Waals surface area contributed by atoms with Crippen LogP contribution in [0.15, 0.2) is 0 Å². The van der Waals surface area contributed by atoms with Crippen LogP contribution in [-0.2, 0) is 0 Å². The summed E-state index contributed by atoms with van der Waals surface area (Å²) in [6, 6.07) is 0. The van der Waals surface area contributed by atoms with Crippen molar-refractivity contribution in [3.63, 3.8) is 0 Å². The molecule has 86 valence electrons. The first-order chi connectivity index (χ1) is 6.04. The summed E-state index contributed by atoms with van der Waals surface area (Å²) in [7, 11) is 0. The number of aliphatic hydroxyl groups excluding tert-OH is 1. The lowest BCUT2D eigenvalue weighted by Gasteiger charge is -2.45. The minimum absolute atomic E-state index is 0.0201. The Hall–Kier alpha value is -0.0400. The predicted octanol–water partition coefficient (Wildman–Crippen LogP) is 3.71. The summed E-state index contributed by atoms with van der Waals surface area (Å²) in [4.78, 5) is 0. The molecule has 0 amide bonds. The molecule has 0 saturated heterocycles. The summed E-state index contributed by atoms with van der Waals surface area (Å²) in [5, 5.41) is 10.4. The van der Waals surface area contributed by atoms with E-state index in [-0.39, 0.29) is 16.9 Å². The lowest BCUT2D eigenvalue weighted by molar-refractivity contribution is -0.0818. The van der Waals surface area contributed by atoms with E-state index in [1.807, 2.05) is 0 Å². The smallest absolute Gasteiger partial charge is 0.0646 e. The number of rotatable bonds is 4. The van der Waals surface area contributed by atoms with Crippen molar-refractivity contribution >= 4 is 0 Å². The monoisotopic (exact) mass is 200 g/mol. The Morgan fingerprint density at radius 2 is 0.929 bits per heavy atom. The maximum absolute atomic E-state index is 10.4. The van der Waals surface area contributed by atoms with Crippen LogP contribution in [0.25, 0.3) is 0 Å². The van der Waals surface area contributed by atoms with Gasteiger partial charge in [-0.25, -0.2) is 0 Å². The van der Waals surface area contributed by atoms with Gasteiger partial charge in [0.1, 0.15) is 0 Å². The number of hydrogen-bond donors (Lipinski definition) is 1. The molecule has 0 aliphatic carbocycles. The van der Waals surface area contributed by atoms with Gasteiger partial charge in [-0.2, -0.15) is 0 Å². The Bertz CT molecular complexity index is 158. The van der Waals surface area contributed by atoms with Crippen LogP contribution in [-0.4, -0.2) is 11.2 Å². The number of hydrogen-bond acceptors (Lipinski definition) is 1. The van der Waals surface area contributed by atoms with Crippen LogP contribution in [0.4, 0.5) is 0 Å². The summed E-state index contributed by atoms with van der Waals surface area (Å²) < 4.78 is 0. The van der Waals surface area contributed by atoms with E-state index in [1.165, 1.54) is 0 Å². The van der Waals surface area contributed by atoms with Crippen LogP contribution in [0.3, 0.4) is 0 Å². The minimum Gasteiger partial charge on any atom is -0.392 e. The van der Waals surface area contributed by atoms with Gasteiger partial charge in [0.25, 0.3) is 0 Å². The van der Waals surface area contributed by atoms with Gasteiger partial charge < -0.3 is 5.11 Å². The molecule has 1 nitrogen and oxygen atoms in total. The molecular formula is C13H28O. The Morgan fingerprint density at radius 3 is 1.07 bits per heavy atom. The first-order valence-electron chi connectivity index (χ1n) is 5.72. The second kappa shape index (κ2) is 4.22. The molecule has 0 radical (unpaired) electrons. The lowest BCUT2D eigenvalue weighted by Crippen LogP contribution is -2.46. The molecule has 0 aliphatic heterocycles. The molecule has 0 heterocycles. The summed E-state index contributed by atoms with van der Waals surface area (Å²) in [5.74, 6) is 0.992. The van der Waals surface area contributed by atoms with Crippen LogP contribution in [0.5, 0.6) is 0 Å². The highest BCUT2D eigenvalue weighted by Crippen LogP contribution is 2.43. The SMILES string of the molecule is CC(C)C(C)(C)C(O)C(C)(C)C(C)C. The molecule has 0 spiro atoms. The van der Waals surface area contributed by atoms with Gasteiger partial charge in [-0.05, 0) is 22.7 Å². The third-order valence-electron chi connectivity index (χ3n) is 4.39. The van der Waals surface area contributed by atoms with E-state index < -0.39 is 0 Å². The Balaban J connectivity index is 4.85. The standard InChI is InChI=1S/C13H28O/c1-9(2)12(5,6)11(14)13(7,8)10(3)4/h9-11,14H,1-8H3. The highest BCUT2D eigenvalue weighted by molar-refractivity contribution is 4.92. The van der Waals surface area contributed by atoms with Crippen molar-refractivity contribution in [1.29, 1.82) is 0 Å². The van der Waals surface area contributed by atoms with Crippen molar-refractivity contribution in [1.82, 2.24) is 0 Å². The average molecular weight is 200 g/mol. The van der Waals surface area contributed by atoms with E-state index in [0.717, 1.165) is 0 Å². The van der Waals surface area contributed by atoms with Gasteiger partial charge in [-0.1, -0.05) is 55.4 Å². The first kappa shape index (κ1) is 14.0. The minimum atomic E-state index is -0.255. The van der Waals surface area contributed by atoms with E-state index in [4.69, 9.17) is 0 Å². The molecular weight excluding hydrogens is 172 g/mol. The normalized spacial score (nSPS) is 14.6. The Labute approximate surface area is 89.9 Å². The maximum Gasteiger partial charge on any atom is 0.0646 e. The Kier molecular flexibility index (Phi) is 4.21. The van der Waals surface area contributed by atoms with Crippen LogP contribution in [0.2, 0.25) is 0 Å². The topological polar surface area (TPSA) is 20.2 Å². The molecule has 0 saturated carbocycles. The summed E-state index contributed by atoms with van der Waals surface area (Å²) in [6.45, 7) is 17.4. The van der Waals surface area contributed by atoms with Crippen molar-refractivity contribution in [2.75, 3.05) is 0 Å².